The minimum absolute atomic E-state index is 0.279. The third kappa shape index (κ3) is 2.24. The molecule has 2 heterocycles. The number of alkyl halides is 3. The lowest BCUT2D eigenvalue weighted by molar-refractivity contribution is -0.137. The van der Waals surface area contributed by atoms with Crippen molar-refractivity contribution in [1.82, 2.24) is 14.6 Å². The molecule has 0 N–H and O–H groups in total. The Morgan fingerprint density at radius 1 is 1.10 bits per heavy atom. The smallest absolute Gasteiger partial charge is 0.220 e. The Morgan fingerprint density at radius 2 is 1.90 bits per heavy atom. The fraction of sp³-hybridized carbons (Fsp3) is 0.143. The van der Waals surface area contributed by atoms with Crippen LogP contribution in [0.25, 0.3) is 17.0 Å². The van der Waals surface area contributed by atoms with Gasteiger partial charge in [0.15, 0.2) is 11.5 Å². The van der Waals surface area contributed by atoms with Gasteiger partial charge in [0.1, 0.15) is 0 Å². The highest BCUT2D eigenvalue weighted by molar-refractivity contribution is 5.59. The molecule has 20 heavy (non-hydrogen) atoms. The molecule has 0 radical (unpaired) electrons. The highest BCUT2D eigenvalue weighted by atomic mass is 19.4. The van der Waals surface area contributed by atoms with Crippen LogP contribution in [0.15, 0.2) is 42.6 Å². The van der Waals surface area contributed by atoms with Gasteiger partial charge in [-0.2, -0.15) is 13.2 Å². The van der Waals surface area contributed by atoms with Crippen LogP contribution in [0.5, 0.6) is 0 Å². The van der Waals surface area contributed by atoms with Crippen LogP contribution in [-0.4, -0.2) is 14.6 Å². The van der Waals surface area contributed by atoms with E-state index in [-0.39, 0.29) is 5.82 Å². The van der Waals surface area contributed by atoms with Crippen molar-refractivity contribution >= 4 is 5.65 Å². The number of halogens is 3. The maximum absolute atomic E-state index is 12.7. The highest BCUT2D eigenvalue weighted by Gasteiger charge is 2.30. The van der Waals surface area contributed by atoms with E-state index >= 15 is 0 Å². The van der Waals surface area contributed by atoms with Crippen molar-refractivity contribution in [3.63, 3.8) is 0 Å². The van der Waals surface area contributed by atoms with Gasteiger partial charge in [-0.1, -0.05) is 18.2 Å². The molecule has 0 aliphatic rings. The zero-order valence-electron chi connectivity index (χ0n) is 10.5. The average molecular weight is 277 g/mol. The van der Waals surface area contributed by atoms with Crippen molar-refractivity contribution in [3.05, 3.63) is 53.7 Å². The van der Waals surface area contributed by atoms with Crippen LogP contribution in [0.1, 0.15) is 11.1 Å². The summed E-state index contributed by atoms with van der Waals surface area (Å²) in [6.07, 6.45) is -2.59. The van der Waals surface area contributed by atoms with Gasteiger partial charge in [-0.15, -0.1) is 5.10 Å². The number of hydrogen-bond acceptors (Lipinski definition) is 2. The second-order valence-corrected chi connectivity index (χ2v) is 4.52. The van der Waals surface area contributed by atoms with Gasteiger partial charge in [-0.25, -0.2) is 9.50 Å². The monoisotopic (exact) mass is 277 g/mol. The van der Waals surface area contributed by atoms with E-state index in [4.69, 9.17) is 0 Å². The molecule has 0 unspecified atom stereocenters. The quantitative estimate of drug-likeness (QED) is 0.678. The van der Waals surface area contributed by atoms with Gasteiger partial charge in [0.05, 0.1) is 5.56 Å². The van der Waals surface area contributed by atoms with E-state index in [0.29, 0.717) is 11.2 Å². The number of rotatable bonds is 1. The molecule has 6 heteroatoms. The fourth-order valence-corrected chi connectivity index (χ4v) is 1.94. The van der Waals surface area contributed by atoms with Gasteiger partial charge in [0, 0.05) is 11.8 Å². The van der Waals surface area contributed by atoms with Gasteiger partial charge >= 0.3 is 6.18 Å². The van der Waals surface area contributed by atoms with Crippen LogP contribution in [0.4, 0.5) is 13.2 Å². The first-order valence-corrected chi connectivity index (χ1v) is 5.94. The van der Waals surface area contributed by atoms with Crippen LogP contribution in [0.2, 0.25) is 0 Å². The van der Waals surface area contributed by atoms with E-state index < -0.39 is 11.7 Å². The summed E-state index contributed by atoms with van der Waals surface area (Å²) in [4.78, 5) is 4.23. The Hall–Kier alpha value is -2.37. The predicted molar refractivity (Wildman–Crippen MR) is 68.2 cm³/mol. The lowest BCUT2D eigenvalue weighted by atomic mass is 10.1. The van der Waals surface area contributed by atoms with Gasteiger partial charge < -0.3 is 0 Å². The molecule has 3 nitrogen and oxygen atoms in total. The van der Waals surface area contributed by atoms with E-state index in [2.05, 4.69) is 10.1 Å². The third-order valence-electron chi connectivity index (χ3n) is 2.93. The van der Waals surface area contributed by atoms with Gasteiger partial charge in [-0.05, 0) is 30.7 Å². The summed E-state index contributed by atoms with van der Waals surface area (Å²) < 4.78 is 39.6. The van der Waals surface area contributed by atoms with Crippen molar-refractivity contribution in [2.75, 3.05) is 0 Å². The first-order chi connectivity index (χ1) is 9.43. The van der Waals surface area contributed by atoms with Gasteiger partial charge in [-0.3, -0.25) is 0 Å². The molecule has 0 bridgehead atoms. The summed E-state index contributed by atoms with van der Waals surface area (Å²) in [6.45, 7) is 1.91. The van der Waals surface area contributed by atoms with E-state index in [0.717, 1.165) is 17.7 Å². The second-order valence-electron chi connectivity index (χ2n) is 4.52. The molecular weight excluding hydrogens is 267 g/mol. The van der Waals surface area contributed by atoms with Gasteiger partial charge in [0.2, 0.25) is 0 Å². The summed E-state index contributed by atoms with van der Waals surface area (Å²) in [7, 11) is 0. The Morgan fingerprint density at radius 3 is 2.65 bits per heavy atom. The number of fused-ring (bicyclic) bond motifs is 1. The maximum atomic E-state index is 12.7. The topological polar surface area (TPSA) is 30.2 Å². The summed E-state index contributed by atoms with van der Waals surface area (Å²) in [6, 6.07) is 8.66. The molecule has 0 aliphatic heterocycles. The summed E-state index contributed by atoms with van der Waals surface area (Å²) >= 11 is 0. The van der Waals surface area contributed by atoms with Crippen molar-refractivity contribution < 1.29 is 13.2 Å². The molecule has 0 saturated carbocycles. The lowest BCUT2D eigenvalue weighted by Crippen LogP contribution is -2.04. The maximum Gasteiger partial charge on any atom is 0.416 e. The molecule has 3 aromatic rings. The van der Waals surface area contributed by atoms with Crippen LogP contribution >= 0.6 is 0 Å². The Balaban J connectivity index is 2.11. The van der Waals surface area contributed by atoms with Crippen molar-refractivity contribution in [1.29, 1.82) is 0 Å². The standard InChI is InChI=1S/C14H10F3N3/c1-9-5-6-12-18-13(19-20(12)8-9)10-3-2-4-11(7-10)14(15,16)17/h2-8H,1H3. The highest BCUT2D eigenvalue weighted by Crippen LogP contribution is 2.31. The molecule has 0 saturated heterocycles. The minimum atomic E-state index is -4.37. The van der Waals surface area contributed by atoms with Crippen molar-refractivity contribution in [3.8, 4) is 11.4 Å². The summed E-state index contributed by atoms with van der Waals surface area (Å²) in [5.41, 5.74) is 1.24. The van der Waals surface area contributed by atoms with E-state index in [1.807, 2.05) is 13.0 Å². The normalized spacial score (nSPS) is 12.0. The zero-order chi connectivity index (χ0) is 14.3. The lowest BCUT2D eigenvalue weighted by Gasteiger charge is -2.06. The Labute approximate surface area is 112 Å². The largest absolute Gasteiger partial charge is 0.416 e. The first kappa shape index (κ1) is 12.7. The van der Waals surface area contributed by atoms with E-state index in [9.17, 15) is 13.2 Å². The van der Waals surface area contributed by atoms with Gasteiger partial charge in [0.25, 0.3) is 0 Å². The molecule has 0 amide bonds. The summed E-state index contributed by atoms with van der Waals surface area (Å²) in [5.74, 6) is 0.279. The molecule has 2 aromatic heterocycles. The minimum Gasteiger partial charge on any atom is -0.220 e. The van der Waals surface area contributed by atoms with Crippen molar-refractivity contribution in [2.24, 2.45) is 0 Å². The predicted octanol–water partition coefficient (Wildman–Crippen LogP) is 3.72. The number of pyridine rings is 1. The average Bonchev–Trinajstić information content (AvgIpc) is 2.81. The summed E-state index contributed by atoms with van der Waals surface area (Å²) in [5, 5.41) is 4.21. The molecule has 1 aromatic carbocycles. The van der Waals surface area contributed by atoms with Crippen LogP contribution in [0.3, 0.4) is 0 Å². The van der Waals surface area contributed by atoms with E-state index in [1.54, 1.807) is 22.8 Å². The molecule has 0 aliphatic carbocycles. The first-order valence-electron chi connectivity index (χ1n) is 5.94. The molecule has 0 spiro atoms. The molecule has 102 valence electrons. The number of benzene rings is 1. The van der Waals surface area contributed by atoms with Crippen LogP contribution < -0.4 is 0 Å². The molecule has 3 rings (SSSR count). The van der Waals surface area contributed by atoms with E-state index in [1.165, 1.54) is 6.07 Å². The van der Waals surface area contributed by atoms with Crippen LogP contribution in [-0.2, 0) is 6.18 Å². The molecule has 0 fully saturated rings. The number of nitrogens with zero attached hydrogens (tertiary/aromatic N) is 3. The number of hydrogen-bond donors (Lipinski definition) is 0. The zero-order valence-corrected chi connectivity index (χ0v) is 10.5. The Bertz CT molecular complexity index is 775. The second kappa shape index (κ2) is 4.33. The molecule has 0 atom stereocenters. The third-order valence-corrected chi connectivity index (χ3v) is 2.93. The number of aryl methyl sites for hydroxylation is 1. The fourth-order valence-electron chi connectivity index (χ4n) is 1.94. The SMILES string of the molecule is Cc1ccc2nc(-c3cccc(C(F)(F)F)c3)nn2c1. The molecular formula is C14H10F3N3. The van der Waals surface area contributed by atoms with Crippen molar-refractivity contribution in [2.45, 2.75) is 13.1 Å². The van der Waals surface area contributed by atoms with Crippen LogP contribution in [0, 0.1) is 6.92 Å². The Kier molecular flexibility index (Phi) is 2.74. The number of aromatic nitrogens is 3.